The lowest BCUT2D eigenvalue weighted by molar-refractivity contribution is 0.567. The lowest BCUT2D eigenvalue weighted by atomic mass is 11.8. The van der Waals surface area contributed by atoms with Gasteiger partial charge in [-0.2, -0.15) is 0 Å². The maximum absolute atomic E-state index is 9.33. The van der Waals surface area contributed by atoms with Crippen LogP contribution in [-0.4, -0.2) is 9.83 Å². The van der Waals surface area contributed by atoms with Crippen molar-refractivity contribution in [3.8, 4) is 0 Å². The van der Waals surface area contributed by atoms with Crippen molar-refractivity contribution in [3.05, 3.63) is 0 Å². The van der Waals surface area contributed by atoms with E-state index in [2.05, 4.69) is 5.14 Å². The van der Waals surface area contributed by atoms with Crippen molar-refractivity contribution in [3.63, 3.8) is 0 Å². The number of hydrogen-bond acceptors (Lipinski definition) is 2. The van der Waals surface area contributed by atoms with E-state index in [9.17, 15) is 4.21 Å². The van der Waals surface area contributed by atoms with E-state index >= 15 is 0 Å². The molecule has 3 nitrogen and oxygen atoms in total. The average Bonchev–Trinajstić information content (AvgIpc) is 1.38. The number of hydrogen-bond donors (Lipinski definition) is 1. The molecule has 0 aliphatic heterocycles. The molecule has 0 saturated carbocycles. The van der Waals surface area contributed by atoms with Crippen molar-refractivity contribution in [1.82, 2.24) is 0 Å². The molecule has 30 valence electrons. The van der Waals surface area contributed by atoms with Gasteiger partial charge in [-0.1, -0.05) is 0 Å². The molecule has 0 radical (unpaired) electrons. The minimum Gasteiger partial charge on any atom is -0.287 e. The highest BCUT2D eigenvalue weighted by Gasteiger charge is 1.72. The van der Waals surface area contributed by atoms with Crippen molar-refractivity contribution >= 4 is 16.6 Å². The highest BCUT2D eigenvalue weighted by atomic mass is 32.2. The summed E-state index contributed by atoms with van der Waals surface area (Å²) in [4.78, 5) is 9.08. The molecule has 0 heterocycles. The second-order valence-electron chi connectivity index (χ2n) is 0.425. The summed E-state index contributed by atoms with van der Waals surface area (Å²) in [6, 6.07) is 0. The molecule has 0 amide bonds. The lowest BCUT2D eigenvalue weighted by Crippen LogP contribution is -2.00. The number of rotatable bonds is 1. The van der Waals surface area contributed by atoms with E-state index in [-0.39, 0.29) is 5.62 Å². The number of carbonyl (C=O) groups excluding carboxylic acids is 1. The molecule has 0 fully saturated rings. The van der Waals surface area contributed by atoms with E-state index in [0.717, 1.165) is 0 Å². The average molecular weight is 93.1 g/mol. The highest BCUT2D eigenvalue weighted by molar-refractivity contribution is 7.96. The van der Waals surface area contributed by atoms with Gasteiger partial charge in [-0.15, -0.1) is 0 Å². The standard InChI is InChI=1S/CH3NO2S/c2-5(4)1-3/h1H,2H2. The van der Waals surface area contributed by atoms with Crippen LogP contribution in [0.4, 0.5) is 0 Å². The molecule has 0 spiro atoms. The van der Waals surface area contributed by atoms with E-state index in [1.807, 2.05) is 0 Å². The van der Waals surface area contributed by atoms with E-state index in [4.69, 9.17) is 4.79 Å². The van der Waals surface area contributed by atoms with Gasteiger partial charge < -0.3 is 0 Å². The van der Waals surface area contributed by atoms with Gasteiger partial charge in [-0.25, -0.2) is 9.35 Å². The van der Waals surface area contributed by atoms with Gasteiger partial charge in [0.05, 0.1) is 0 Å². The van der Waals surface area contributed by atoms with E-state index < -0.39 is 11.0 Å². The Morgan fingerprint density at radius 1 is 1.80 bits per heavy atom. The maximum atomic E-state index is 9.33. The largest absolute Gasteiger partial charge is 0.287 e. The zero-order chi connectivity index (χ0) is 4.28. The molecule has 1 atom stereocenters. The predicted molar refractivity (Wildman–Crippen MR) is 19.1 cm³/mol. The monoisotopic (exact) mass is 93.0 g/mol. The van der Waals surface area contributed by atoms with Crippen LogP contribution >= 0.6 is 0 Å². The molecule has 0 aromatic carbocycles. The molecule has 2 N–H and O–H groups in total. The van der Waals surface area contributed by atoms with Crippen LogP contribution in [0.1, 0.15) is 0 Å². The fourth-order valence-electron chi connectivity index (χ4n) is 0. The molecule has 0 saturated heterocycles. The van der Waals surface area contributed by atoms with Gasteiger partial charge in [0.1, 0.15) is 0 Å². The summed E-state index contributed by atoms with van der Waals surface area (Å²) in [6.45, 7) is 0. The fraction of sp³-hybridized carbons (Fsp3) is 0. The first kappa shape index (κ1) is 4.78. The second kappa shape index (κ2) is 2.04. The Kier molecular flexibility index (Phi) is 1.95. The van der Waals surface area contributed by atoms with Crippen LogP contribution in [0.15, 0.2) is 0 Å². The Hall–Kier alpha value is -0.220. The third-order valence-corrected chi connectivity index (χ3v) is 0.285. The van der Waals surface area contributed by atoms with E-state index in [0.29, 0.717) is 0 Å². The molecule has 0 bridgehead atoms. The quantitative estimate of drug-likeness (QED) is 0.414. The number of nitrogens with two attached hydrogens (primary N) is 1. The van der Waals surface area contributed by atoms with Crippen molar-refractivity contribution in [1.29, 1.82) is 0 Å². The fourth-order valence-corrected chi connectivity index (χ4v) is 0. The second-order valence-corrected chi connectivity index (χ2v) is 1.27. The van der Waals surface area contributed by atoms with Crippen LogP contribution in [0, 0.1) is 0 Å². The normalized spacial score (nSPS) is 13.8. The molecule has 0 aliphatic rings. The third-order valence-electron chi connectivity index (χ3n) is 0.0948. The van der Waals surface area contributed by atoms with Crippen LogP contribution < -0.4 is 5.14 Å². The van der Waals surface area contributed by atoms with Crippen LogP contribution in [0.5, 0.6) is 0 Å². The third kappa shape index (κ3) is 3.78. The van der Waals surface area contributed by atoms with Crippen LogP contribution in [0.25, 0.3) is 0 Å². The zero-order valence-corrected chi connectivity index (χ0v) is 3.20. The van der Waals surface area contributed by atoms with Crippen LogP contribution in [-0.2, 0) is 15.8 Å². The van der Waals surface area contributed by atoms with Crippen LogP contribution in [0.2, 0.25) is 0 Å². The predicted octanol–water partition coefficient (Wildman–Crippen LogP) is -1.20. The summed E-state index contributed by atoms with van der Waals surface area (Å²) in [6.07, 6.45) is 0. The van der Waals surface area contributed by atoms with E-state index in [1.54, 1.807) is 0 Å². The summed E-state index contributed by atoms with van der Waals surface area (Å²) >= 11 is 0. The summed E-state index contributed by atoms with van der Waals surface area (Å²) in [5, 5.41) is 4.40. The minimum absolute atomic E-state index is 0.167. The minimum atomic E-state index is -1.75. The van der Waals surface area contributed by atoms with Crippen molar-refractivity contribution in [2.24, 2.45) is 5.14 Å². The molecule has 0 aromatic rings. The van der Waals surface area contributed by atoms with Crippen molar-refractivity contribution < 1.29 is 9.00 Å². The zero-order valence-electron chi connectivity index (χ0n) is 2.38. The van der Waals surface area contributed by atoms with Gasteiger partial charge in [-0.3, -0.25) is 4.79 Å². The maximum Gasteiger partial charge on any atom is 0.221 e. The number of carbonyl (C=O) groups is 1. The Labute approximate surface area is 31.8 Å². The molecule has 0 aromatic heterocycles. The Morgan fingerprint density at radius 2 is 2.00 bits per heavy atom. The van der Waals surface area contributed by atoms with Gasteiger partial charge in [0.25, 0.3) is 0 Å². The molecule has 5 heavy (non-hydrogen) atoms. The molecule has 0 rings (SSSR count). The van der Waals surface area contributed by atoms with Crippen molar-refractivity contribution in [2.75, 3.05) is 0 Å². The lowest BCUT2D eigenvalue weighted by Gasteiger charge is -1.62. The Morgan fingerprint density at radius 3 is 2.00 bits per heavy atom. The summed E-state index contributed by atoms with van der Waals surface area (Å²) in [5.41, 5.74) is 0.167. The molecular weight excluding hydrogens is 90.1 g/mol. The van der Waals surface area contributed by atoms with Gasteiger partial charge in [0.15, 0.2) is 11.0 Å². The van der Waals surface area contributed by atoms with E-state index in [1.165, 1.54) is 0 Å². The van der Waals surface area contributed by atoms with Gasteiger partial charge in [-0.05, 0) is 0 Å². The van der Waals surface area contributed by atoms with Crippen molar-refractivity contribution in [2.45, 2.75) is 0 Å². The molecular formula is CH3NO2S. The first-order valence-corrected chi connectivity index (χ1v) is 2.15. The van der Waals surface area contributed by atoms with Crippen LogP contribution in [0.3, 0.4) is 0 Å². The summed E-state index contributed by atoms with van der Waals surface area (Å²) in [7, 11) is -1.75. The summed E-state index contributed by atoms with van der Waals surface area (Å²) in [5.74, 6) is 0. The molecule has 1 unspecified atom stereocenters. The van der Waals surface area contributed by atoms with Gasteiger partial charge >= 0.3 is 0 Å². The molecule has 0 aliphatic carbocycles. The highest BCUT2D eigenvalue weighted by Crippen LogP contribution is 1.42. The molecule has 4 heteroatoms. The topological polar surface area (TPSA) is 60.2 Å². The summed E-state index contributed by atoms with van der Waals surface area (Å²) < 4.78 is 9.33. The first-order chi connectivity index (χ1) is 2.27. The SMILES string of the molecule is NS(=O)C=O. The Bertz CT molecular complexity index is 60.7. The first-order valence-electron chi connectivity index (χ1n) is 0.874. The smallest absolute Gasteiger partial charge is 0.221 e. The van der Waals surface area contributed by atoms with Gasteiger partial charge in [0.2, 0.25) is 5.62 Å². The van der Waals surface area contributed by atoms with Gasteiger partial charge in [0, 0.05) is 0 Å². The Balaban J connectivity index is 3.20.